The molecule has 0 unspecified atom stereocenters. The molecule has 0 radical (unpaired) electrons. The molecule has 0 aliphatic carbocycles. The lowest BCUT2D eigenvalue weighted by Gasteiger charge is -2.12. The average Bonchev–Trinajstić information content (AvgIpc) is 3.28. The van der Waals surface area contributed by atoms with Crippen LogP contribution in [0.3, 0.4) is 0 Å². The Bertz CT molecular complexity index is 1090. The monoisotopic (exact) mass is 428 g/mol. The molecule has 31 heavy (non-hydrogen) atoms. The fourth-order valence-electron chi connectivity index (χ4n) is 3.73. The molecule has 0 amide bonds. The van der Waals surface area contributed by atoms with Crippen molar-refractivity contribution in [3.63, 3.8) is 0 Å². The minimum absolute atomic E-state index is 0.163. The Kier molecular flexibility index (Phi) is 6.22. The molecule has 9 heteroatoms. The number of nitrogens with one attached hydrogen (secondary N) is 1. The van der Waals surface area contributed by atoms with Crippen LogP contribution in [0, 0.1) is 0 Å². The smallest absolute Gasteiger partial charge is 0.241 e. The number of rotatable bonds is 9. The van der Waals surface area contributed by atoms with E-state index in [4.69, 9.17) is 9.72 Å². The molecule has 0 saturated carbocycles. The maximum absolute atomic E-state index is 12.7. The van der Waals surface area contributed by atoms with E-state index >= 15 is 0 Å². The van der Waals surface area contributed by atoms with E-state index in [1.807, 2.05) is 45.2 Å². The molecule has 4 heterocycles. The van der Waals surface area contributed by atoms with Gasteiger partial charge in [-0.3, -0.25) is 4.99 Å². The summed E-state index contributed by atoms with van der Waals surface area (Å²) in [4.78, 5) is 13.7. The van der Waals surface area contributed by atoms with Crippen molar-refractivity contribution in [3.8, 4) is 11.3 Å². The maximum Gasteiger partial charge on any atom is 0.241 e. The Hall–Kier alpha value is -2.94. The van der Waals surface area contributed by atoms with E-state index in [1.54, 1.807) is 10.7 Å². The first-order valence-corrected chi connectivity index (χ1v) is 10.5. The second kappa shape index (κ2) is 9.05. The van der Waals surface area contributed by atoms with Gasteiger partial charge in [-0.15, -0.1) is 5.10 Å². The van der Waals surface area contributed by atoms with E-state index in [9.17, 15) is 8.78 Å². The highest BCUT2D eigenvalue weighted by molar-refractivity contribution is 5.96. The van der Waals surface area contributed by atoms with E-state index in [-0.39, 0.29) is 18.4 Å². The topological polar surface area (TPSA) is 76.7 Å². The van der Waals surface area contributed by atoms with Crippen LogP contribution in [0.4, 0.5) is 20.4 Å². The van der Waals surface area contributed by atoms with Crippen LogP contribution in [0.1, 0.15) is 45.2 Å². The van der Waals surface area contributed by atoms with Crippen LogP contribution in [0.5, 0.6) is 0 Å². The van der Waals surface area contributed by atoms with Crippen LogP contribution < -0.4 is 5.32 Å². The largest absolute Gasteiger partial charge is 0.377 e. The molecule has 3 aromatic rings. The first-order chi connectivity index (χ1) is 14.9. The zero-order valence-corrected chi connectivity index (χ0v) is 17.8. The number of aromatic nitrogens is 4. The van der Waals surface area contributed by atoms with Crippen molar-refractivity contribution in [1.29, 1.82) is 0 Å². The summed E-state index contributed by atoms with van der Waals surface area (Å²) < 4.78 is 32.8. The molecule has 0 spiro atoms. The number of alkyl halides is 2. The first kappa shape index (κ1) is 21.3. The molecule has 0 saturated heterocycles. The molecule has 1 N–H and O–H groups in total. The third-order valence-electron chi connectivity index (χ3n) is 5.24. The van der Waals surface area contributed by atoms with Crippen LogP contribution in [-0.4, -0.2) is 51.0 Å². The summed E-state index contributed by atoms with van der Waals surface area (Å²) in [6.07, 6.45) is 1.63. The Labute approximate surface area is 179 Å². The Balaban J connectivity index is 1.54. The number of ether oxygens (including phenoxy) is 1. The minimum atomic E-state index is -2.33. The van der Waals surface area contributed by atoms with Crippen molar-refractivity contribution in [2.75, 3.05) is 18.5 Å². The SMILES string of the molecule is CC1=Nc2ccc(-c3ccn4nc(NCCOC(C)C)ncc34)nc2[C@@H]1CCC(F)F. The fourth-order valence-corrected chi connectivity index (χ4v) is 3.73. The number of halogens is 2. The van der Waals surface area contributed by atoms with Gasteiger partial charge in [-0.25, -0.2) is 23.3 Å². The second-order valence-corrected chi connectivity index (χ2v) is 7.86. The van der Waals surface area contributed by atoms with Crippen LogP contribution in [0.2, 0.25) is 0 Å². The van der Waals surface area contributed by atoms with Gasteiger partial charge in [0.2, 0.25) is 12.4 Å². The number of hydrogen-bond donors (Lipinski definition) is 1. The molecular weight excluding hydrogens is 402 g/mol. The van der Waals surface area contributed by atoms with Crippen molar-refractivity contribution in [3.05, 3.63) is 36.3 Å². The minimum Gasteiger partial charge on any atom is -0.377 e. The van der Waals surface area contributed by atoms with Crippen molar-refractivity contribution >= 4 is 22.9 Å². The third-order valence-corrected chi connectivity index (χ3v) is 5.24. The summed E-state index contributed by atoms with van der Waals surface area (Å²) in [5, 5.41) is 7.64. The molecule has 7 nitrogen and oxygen atoms in total. The van der Waals surface area contributed by atoms with E-state index in [0.29, 0.717) is 25.5 Å². The number of anilines is 1. The number of hydrogen-bond acceptors (Lipinski definition) is 6. The number of fused-ring (bicyclic) bond motifs is 2. The molecular formula is C22H26F2N6O. The zero-order chi connectivity index (χ0) is 22.0. The number of pyridine rings is 1. The summed E-state index contributed by atoms with van der Waals surface area (Å²) in [5.74, 6) is 0.345. The average molecular weight is 428 g/mol. The molecule has 164 valence electrons. The summed E-state index contributed by atoms with van der Waals surface area (Å²) in [7, 11) is 0. The molecule has 0 fully saturated rings. The van der Waals surface area contributed by atoms with Gasteiger partial charge in [0, 0.05) is 36.4 Å². The molecule has 1 aliphatic rings. The van der Waals surface area contributed by atoms with Crippen LogP contribution in [0.25, 0.3) is 16.8 Å². The first-order valence-electron chi connectivity index (χ1n) is 10.5. The van der Waals surface area contributed by atoms with Crippen molar-refractivity contribution < 1.29 is 13.5 Å². The van der Waals surface area contributed by atoms with E-state index in [1.165, 1.54) is 0 Å². The van der Waals surface area contributed by atoms with Gasteiger partial charge in [0.15, 0.2) is 0 Å². The predicted octanol–water partition coefficient (Wildman–Crippen LogP) is 4.86. The maximum atomic E-state index is 12.7. The van der Waals surface area contributed by atoms with E-state index in [2.05, 4.69) is 20.4 Å². The van der Waals surface area contributed by atoms with Gasteiger partial charge in [0.05, 0.1) is 41.5 Å². The highest BCUT2D eigenvalue weighted by Gasteiger charge is 2.27. The van der Waals surface area contributed by atoms with Gasteiger partial charge in [0.25, 0.3) is 0 Å². The lowest BCUT2D eigenvalue weighted by Crippen LogP contribution is -2.15. The predicted molar refractivity (Wildman–Crippen MR) is 117 cm³/mol. The molecule has 1 atom stereocenters. The van der Waals surface area contributed by atoms with Gasteiger partial charge in [-0.2, -0.15) is 0 Å². The normalized spacial score (nSPS) is 15.7. The molecule has 4 rings (SSSR count). The summed E-state index contributed by atoms with van der Waals surface area (Å²) in [6.45, 7) is 7.05. The van der Waals surface area contributed by atoms with Crippen molar-refractivity contribution in [2.45, 2.75) is 52.1 Å². The van der Waals surface area contributed by atoms with Crippen LogP contribution >= 0.6 is 0 Å². The van der Waals surface area contributed by atoms with Gasteiger partial charge < -0.3 is 10.1 Å². The summed E-state index contributed by atoms with van der Waals surface area (Å²) in [6, 6.07) is 5.73. The lowest BCUT2D eigenvalue weighted by molar-refractivity contribution is 0.0869. The Morgan fingerprint density at radius 3 is 2.84 bits per heavy atom. The summed E-state index contributed by atoms with van der Waals surface area (Å²) in [5.41, 5.74) is 4.81. The lowest BCUT2D eigenvalue weighted by atomic mass is 9.95. The summed E-state index contributed by atoms with van der Waals surface area (Å²) >= 11 is 0. The van der Waals surface area contributed by atoms with E-state index < -0.39 is 6.43 Å². The highest BCUT2D eigenvalue weighted by atomic mass is 19.3. The van der Waals surface area contributed by atoms with Crippen LogP contribution in [-0.2, 0) is 4.74 Å². The zero-order valence-electron chi connectivity index (χ0n) is 17.8. The van der Waals surface area contributed by atoms with Crippen LogP contribution in [0.15, 0.2) is 35.6 Å². The second-order valence-electron chi connectivity index (χ2n) is 7.86. The highest BCUT2D eigenvalue weighted by Crippen LogP contribution is 2.39. The van der Waals surface area contributed by atoms with Gasteiger partial charge in [0.1, 0.15) is 0 Å². The standard InChI is InChI=1S/C22H26F2N6O/c1-13(2)31-11-9-25-22-26-12-19-16(8-10-30(19)29-22)17-5-6-18-21(28-17)15(14(3)27-18)4-7-20(23)24/h5-6,8,10,12-13,15,20H,4,7,9,11H2,1-3H3,(H,25,29)/t15-/m1/s1. The number of aliphatic imine (C=N–C) groups is 1. The van der Waals surface area contributed by atoms with Gasteiger partial charge >= 0.3 is 0 Å². The fraction of sp³-hybridized carbons (Fsp3) is 0.455. The Morgan fingerprint density at radius 1 is 1.23 bits per heavy atom. The van der Waals surface area contributed by atoms with Gasteiger partial charge in [-0.05, 0) is 45.4 Å². The number of nitrogens with zero attached hydrogens (tertiary/aromatic N) is 5. The molecule has 3 aromatic heterocycles. The molecule has 1 aliphatic heterocycles. The van der Waals surface area contributed by atoms with E-state index in [0.717, 1.165) is 33.9 Å². The Morgan fingerprint density at radius 2 is 2.06 bits per heavy atom. The van der Waals surface area contributed by atoms with Crippen molar-refractivity contribution in [1.82, 2.24) is 19.6 Å². The van der Waals surface area contributed by atoms with Gasteiger partial charge in [-0.1, -0.05) is 0 Å². The molecule has 0 aromatic carbocycles. The quantitative estimate of drug-likeness (QED) is 0.493. The van der Waals surface area contributed by atoms with Crippen molar-refractivity contribution in [2.24, 2.45) is 4.99 Å². The molecule has 0 bridgehead atoms. The third kappa shape index (κ3) is 4.71.